The van der Waals surface area contributed by atoms with Crippen LogP contribution in [0.3, 0.4) is 0 Å². The monoisotopic (exact) mass is 219 g/mol. The molecular formula is C7H13N3O3S. The van der Waals surface area contributed by atoms with Crippen molar-refractivity contribution in [3.8, 4) is 0 Å². The van der Waals surface area contributed by atoms with Gasteiger partial charge in [-0.1, -0.05) is 5.16 Å². The fourth-order valence-corrected chi connectivity index (χ4v) is 1.81. The Morgan fingerprint density at radius 3 is 2.93 bits per heavy atom. The Hall–Kier alpha value is -0.920. The average Bonchev–Trinajstić information content (AvgIpc) is 2.64. The van der Waals surface area contributed by atoms with E-state index in [1.54, 1.807) is 13.1 Å². The van der Waals surface area contributed by atoms with Gasteiger partial charge in [0, 0.05) is 12.6 Å². The molecule has 1 aromatic rings. The number of nitrogens with zero attached hydrogens (tertiary/aromatic N) is 1. The SMILES string of the molecule is CNCCS(=O)(=O)NCc1ccon1. The van der Waals surface area contributed by atoms with Crippen LogP contribution in [0.15, 0.2) is 16.9 Å². The molecule has 7 heteroatoms. The first-order valence-corrected chi connectivity index (χ1v) is 5.80. The summed E-state index contributed by atoms with van der Waals surface area (Å²) in [6.45, 7) is 0.594. The van der Waals surface area contributed by atoms with Crippen molar-refractivity contribution >= 4 is 10.0 Å². The molecule has 0 atom stereocenters. The summed E-state index contributed by atoms with van der Waals surface area (Å²) in [5.74, 6) is 0.0569. The van der Waals surface area contributed by atoms with Crippen molar-refractivity contribution in [3.05, 3.63) is 18.0 Å². The molecule has 80 valence electrons. The zero-order valence-electron chi connectivity index (χ0n) is 7.86. The second kappa shape index (κ2) is 5.08. The molecular weight excluding hydrogens is 206 g/mol. The van der Waals surface area contributed by atoms with E-state index in [1.807, 2.05) is 0 Å². The van der Waals surface area contributed by atoms with E-state index in [0.29, 0.717) is 12.2 Å². The van der Waals surface area contributed by atoms with Gasteiger partial charge in [-0.3, -0.25) is 0 Å². The van der Waals surface area contributed by atoms with Crippen LogP contribution in [0.5, 0.6) is 0 Å². The largest absolute Gasteiger partial charge is 0.364 e. The highest BCUT2D eigenvalue weighted by molar-refractivity contribution is 7.89. The lowest BCUT2D eigenvalue weighted by Crippen LogP contribution is -2.30. The van der Waals surface area contributed by atoms with Crippen molar-refractivity contribution < 1.29 is 12.9 Å². The van der Waals surface area contributed by atoms with Crippen LogP contribution in [0.2, 0.25) is 0 Å². The van der Waals surface area contributed by atoms with E-state index in [2.05, 4.69) is 19.7 Å². The summed E-state index contributed by atoms with van der Waals surface area (Å²) in [5, 5.41) is 6.35. The highest BCUT2D eigenvalue weighted by Crippen LogP contribution is 1.94. The van der Waals surface area contributed by atoms with E-state index < -0.39 is 10.0 Å². The quantitative estimate of drug-likeness (QED) is 0.662. The molecule has 1 rings (SSSR count). The normalized spacial score (nSPS) is 11.8. The first-order chi connectivity index (χ1) is 6.64. The van der Waals surface area contributed by atoms with Gasteiger partial charge < -0.3 is 9.84 Å². The van der Waals surface area contributed by atoms with Gasteiger partial charge in [-0.25, -0.2) is 13.1 Å². The number of sulfonamides is 1. The van der Waals surface area contributed by atoms with Crippen LogP contribution in [0.1, 0.15) is 5.69 Å². The fourth-order valence-electron chi connectivity index (χ4n) is 0.821. The number of nitrogens with one attached hydrogen (secondary N) is 2. The molecule has 0 aliphatic rings. The average molecular weight is 219 g/mol. The van der Waals surface area contributed by atoms with Gasteiger partial charge in [0.1, 0.15) is 6.26 Å². The van der Waals surface area contributed by atoms with E-state index in [0.717, 1.165) is 0 Å². The molecule has 0 aromatic carbocycles. The predicted octanol–water partition coefficient (Wildman–Crippen LogP) is -0.687. The predicted molar refractivity (Wildman–Crippen MR) is 51.1 cm³/mol. The maximum absolute atomic E-state index is 11.3. The zero-order chi connectivity index (χ0) is 10.4. The van der Waals surface area contributed by atoms with Gasteiger partial charge in [0.15, 0.2) is 0 Å². The summed E-state index contributed by atoms with van der Waals surface area (Å²) in [6, 6.07) is 1.61. The van der Waals surface area contributed by atoms with Gasteiger partial charge in [-0.15, -0.1) is 0 Å². The Kier molecular flexibility index (Phi) is 4.05. The lowest BCUT2D eigenvalue weighted by molar-refractivity contribution is 0.411. The third-order valence-corrected chi connectivity index (χ3v) is 2.91. The van der Waals surface area contributed by atoms with Crippen molar-refractivity contribution in [3.63, 3.8) is 0 Å². The zero-order valence-corrected chi connectivity index (χ0v) is 8.67. The molecule has 0 amide bonds. The van der Waals surface area contributed by atoms with Crippen LogP contribution >= 0.6 is 0 Å². The van der Waals surface area contributed by atoms with Gasteiger partial charge in [0.05, 0.1) is 18.0 Å². The number of hydrogen-bond donors (Lipinski definition) is 2. The second-order valence-electron chi connectivity index (χ2n) is 2.73. The minimum atomic E-state index is -3.21. The Labute approximate surface area is 82.7 Å². The molecule has 14 heavy (non-hydrogen) atoms. The number of hydrogen-bond acceptors (Lipinski definition) is 5. The molecule has 0 spiro atoms. The fraction of sp³-hybridized carbons (Fsp3) is 0.571. The van der Waals surface area contributed by atoms with Crippen molar-refractivity contribution in [2.75, 3.05) is 19.3 Å². The third-order valence-electron chi connectivity index (χ3n) is 1.59. The lowest BCUT2D eigenvalue weighted by atomic mass is 10.5. The summed E-state index contributed by atoms with van der Waals surface area (Å²) in [6.07, 6.45) is 1.40. The summed E-state index contributed by atoms with van der Waals surface area (Å²) in [4.78, 5) is 0. The van der Waals surface area contributed by atoms with Crippen LogP contribution in [0, 0.1) is 0 Å². The molecule has 2 N–H and O–H groups in total. The molecule has 0 aliphatic heterocycles. The van der Waals surface area contributed by atoms with Crippen LogP contribution in [-0.2, 0) is 16.6 Å². The second-order valence-corrected chi connectivity index (χ2v) is 4.66. The summed E-state index contributed by atoms with van der Waals surface area (Å²) >= 11 is 0. The van der Waals surface area contributed by atoms with Gasteiger partial charge >= 0.3 is 0 Å². The molecule has 0 bridgehead atoms. The van der Waals surface area contributed by atoms with Gasteiger partial charge in [-0.2, -0.15) is 0 Å². The standard InChI is InChI=1S/C7H13N3O3S/c1-8-3-5-14(11,12)9-6-7-2-4-13-10-7/h2,4,8-9H,3,5-6H2,1H3. The maximum atomic E-state index is 11.3. The van der Waals surface area contributed by atoms with E-state index in [-0.39, 0.29) is 12.3 Å². The lowest BCUT2D eigenvalue weighted by Gasteiger charge is -2.03. The smallest absolute Gasteiger partial charge is 0.213 e. The Balaban J connectivity index is 2.37. The topological polar surface area (TPSA) is 84.2 Å². The minimum absolute atomic E-state index is 0.0569. The third kappa shape index (κ3) is 3.86. The van der Waals surface area contributed by atoms with Crippen LogP contribution in [-0.4, -0.2) is 32.9 Å². The molecule has 1 heterocycles. The Morgan fingerprint density at radius 2 is 2.36 bits per heavy atom. The summed E-state index contributed by atoms with van der Waals surface area (Å²) in [5.41, 5.74) is 0.568. The van der Waals surface area contributed by atoms with Crippen molar-refractivity contribution in [1.29, 1.82) is 0 Å². The van der Waals surface area contributed by atoms with E-state index >= 15 is 0 Å². The van der Waals surface area contributed by atoms with Gasteiger partial charge in [0.25, 0.3) is 0 Å². The molecule has 6 nitrogen and oxygen atoms in total. The van der Waals surface area contributed by atoms with Crippen molar-refractivity contribution in [2.45, 2.75) is 6.54 Å². The maximum Gasteiger partial charge on any atom is 0.213 e. The first kappa shape index (κ1) is 11.2. The van der Waals surface area contributed by atoms with E-state index in [9.17, 15) is 8.42 Å². The highest BCUT2D eigenvalue weighted by Gasteiger charge is 2.09. The van der Waals surface area contributed by atoms with Gasteiger partial charge in [-0.05, 0) is 7.05 Å². The Bertz CT molecular complexity index is 346. The van der Waals surface area contributed by atoms with Crippen LogP contribution < -0.4 is 10.0 Å². The van der Waals surface area contributed by atoms with Crippen molar-refractivity contribution in [2.24, 2.45) is 0 Å². The van der Waals surface area contributed by atoms with E-state index in [4.69, 9.17) is 0 Å². The molecule has 0 saturated heterocycles. The molecule has 0 unspecified atom stereocenters. The van der Waals surface area contributed by atoms with Crippen molar-refractivity contribution in [1.82, 2.24) is 15.2 Å². The van der Waals surface area contributed by atoms with Crippen LogP contribution in [0.4, 0.5) is 0 Å². The Morgan fingerprint density at radius 1 is 1.57 bits per heavy atom. The van der Waals surface area contributed by atoms with E-state index in [1.165, 1.54) is 6.26 Å². The highest BCUT2D eigenvalue weighted by atomic mass is 32.2. The number of aromatic nitrogens is 1. The molecule has 0 saturated carbocycles. The molecule has 0 fully saturated rings. The van der Waals surface area contributed by atoms with Gasteiger partial charge in [0.2, 0.25) is 10.0 Å². The summed E-state index contributed by atoms with van der Waals surface area (Å²) in [7, 11) is -1.51. The van der Waals surface area contributed by atoms with Crippen LogP contribution in [0.25, 0.3) is 0 Å². The first-order valence-electron chi connectivity index (χ1n) is 4.15. The number of rotatable bonds is 6. The molecule has 1 aromatic heterocycles. The minimum Gasteiger partial charge on any atom is -0.364 e. The molecule has 0 radical (unpaired) electrons. The molecule has 0 aliphatic carbocycles. The summed E-state index contributed by atoms with van der Waals surface area (Å²) < 4.78 is 29.5.